The molecule has 0 radical (unpaired) electrons. The molecule has 0 N–H and O–H groups in total. The minimum Gasteiger partial charge on any atom is -0.366 e. The van der Waals surface area contributed by atoms with Gasteiger partial charge in [-0.15, -0.1) is 12.1 Å². The normalized spacial score (nSPS) is 27.8. The van der Waals surface area contributed by atoms with Gasteiger partial charge in [0.15, 0.2) is 0 Å². The van der Waals surface area contributed by atoms with Crippen molar-refractivity contribution in [2.24, 2.45) is 0 Å². The van der Waals surface area contributed by atoms with Gasteiger partial charge >= 0.3 is 0 Å². The Morgan fingerprint density at radius 3 is 1.62 bits per heavy atom. The SMILES string of the molecule is [CH2-][Si]1([CH2-])CCCCC1. The molecule has 0 bridgehead atoms. The van der Waals surface area contributed by atoms with Gasteiger partial charge in [0, 0.05) is 0 Å². The van der Waals surface area contributed by atoms with Crippen LogP contribution in [-0.2, 0) is 0 Å². The fourth-order valence-electron chi connectivity index (χ4n) is 1.30. The monoisotopic (exact) mass is 126 g/mol. The van der Waals surface area contributed by atoms with Gasteiger partial charge in [-0.25, -0.2) is 8.07 Å². The summed E-state index contributed by atoms with van der Waals surface area (Å²) in [6.07, 6.45) is 4.23. The van der Waals surface area contributed by atoms with E-state index >= 15 is 0 Å². The molecule has 0 atom stereocenters. The maximum absolute atomic E-state index is 4.16. The molecule has 1 fully saturated rings. The molecule has 0 aromatic rings. The molecule has 0 unspecified atom stereocenters. The summed E-state index contributed by atoms with van der Waals surface area (Å²) in [5.74, 6) is 0. The second kappa shape index (κ2) is 2.22. The van der Waals surface area contributed by atoms with Crippen LogP contribution in [0.1, 0.15) is 19.3 Å². The fourth-order valence-corrected chi connectivity index (χ4v) is 3.55. The van der Waals surface area contributed by atoms with Gasteiger partial charge in [-0.2, -0.15) is 0 Å². The van der Waals surface area contributed by atoms with Crippen molar-refractivity contribution in [1.82, 2.24) is 0 Å². The summed E-state index contributed by atoms with van der Waals surface area (Å²) < 4.78 is 0. The second-order valence-corrected chi connectivity index (χ2v) is 7.06. The largest absolute Gasteiger partial charge is 0.366 e. The van der Waals surface area contributed by atoms with E-state index in [2.05, 4.69) is 13.1 Å². The molecule has 8 heavy (non-hydrogen) atoms. The third-order valence-corrected chi connectivity index (χ3v) is 4.74. The van der Waals surface area contributed by atoms with Crippen LogP contribution >= 0.6 is 0 Å². The Kier molecular flexibility index (Phi) is 1.76. The van der Waals surface area contributed by atoms with Crippen molar-refractivity contribution in [2.75, 3.05) is 0 Å². The van der Waals surface area contributed by atoms with E-state index in [0.717, 1.165) is 0 Å². The van der Waals surface area contributed by atoms with Crippen LogP contribution < -0.4 is 0 Å². The van der Waals surface area contributed by atoms with Crippen molar-refractivity contribution >= 4 is 8.07 Å². The van der Waals surface area contributed by atoms with E-state index in [1.807, 2.05) is 0 Å². The summed E-state index contributed by atoms with van der Waals surface area (Å²) in [7, 11) is -1.09. The third kappa shape index (κ3) is 1.62. The molecular weight excluding hydrogens is 112 g/mol. The van der Waals surface area contributed by atoms with E-state index in [1.165, 1.54) is 31.4 Å². The Balaban J connectivity index is 2.33. The average molecular weight is 126 g/mol. The van der Waals surface area contributed by atoms with E-state index in [1.54, 1.807) is 0 Å². The number of hydrogen-bond acceptors (Lipinski definition) is 0. The minimum atomic E-state index is -1.09. The van der Waals surface area contributed by atoms with Gasteiger partial charge in [-0.05, 0) is 0 Å². The summed E-state index contributed by atoms with van der Waals surface area (Å²) >= 11 is 0. The topological polar surface area (TPSA) is 0 Å². The molecule has 0 aromatic carbocycles. The van der Waals surface area contributed by atoms with Gasteiger partial charge in [0.1, 0.15) is 0 Å². The van der Waals surface area contributed by atoms with Crippen LogP contribution in [-0.4, -0.2) is 8.07 Å². The maximum atomic E-state index is 4.16. The lowest BCUT2D eigenvalue weighted by molar-refractivity contribution is 0.719. The van der Waals surface area contributed by atoms with Crippen molar-refractivity contribution in [3.8, 4) is 0 Å². The Hall–Kier alpha value is 0.217. The van der Waals surface area contributed by atoms with Crippen molar-refractivity contribution in [3.63, 3.8) is 0 Å². The Labute approximate surface area is 53.3 Å². The van der Waals surface area contributed by atoms with Crippen LogP contribution in [0.5, 0.6) is 0 Å². The molecule has 48 valence electrons. The summed E-state index contributed by atoms with van der Waals surface area (Å²) in [4.78, 5) is 0. The fraction of sp³-hybridized carbons (Fsp3) is 0.714. The third-order valence-electron chi connectivity index (χ3n) is 1.91. The smallest absolute Gasteiger partial charge is 0.0542 e. The maximum Gasteiger partial charge on any atom is -0.0542 e. The lowest BCUT2D eigenvalue weighted by Crippen LogP contribution is -2.29. The molecule has 1 aliphatic rings. The van der Waals surface area contributed by atoms with Crippen molar-refractivity contribution in [1.29, 1.82) is 0 Å². The van der Waals surface area contributed by atoms with Crippen molar-refractivity contribution < 1.29 is 0 Å². The molecule has 0 spiro atoms. The molecule has 1 rings (SSSR count). The standard InChI is InChI=1S/C7H14Si/c1-8(2)6-4-3-5-7-8/h1-7H2/q-2. The van der Waals surface area contributed by atoms with Gasteiger partial charge in [0.2, 0.25) is 0 Å². The van der Waals surface area contributed by atoms with E-state index in [4.69, 9.17) is 0 Å². The predicted molar refractivity (Wildman–Crippen MR) is 39.9 cm³/mol. The molecule has 0 amide bonds. The molecule has 0 aromatic heterocycles. The van der Waals surface area contributed by atoms with Gasteiger partial charge < -0.3 is 13.1 Å². The second-order valence-electron chi connectivity index (χ2n) is 3.06. The van der Waals surface area contributed by atoms with E-state index in [-0.39, 0.29) is 0 Å². The van der Waals surface area contributed by atoms with Gasteiger partial charge in [-0.1, -0.05) is 19.3 Å². The number of hydrogen-bond donors (Lipinski definition) is 0. The first kappa shape index (κ1) is 6.34. The highest BCUT2D eigenvalue weighted by Gasteiger charge is 2.07. The highest BCUT2D eigenvalue weighted by atomic mass is 28.3. The zero-order valence-electron chi connectivity index (χ0n) is 5.45. The first-order valence-electron chi connectivity index (χ1n) is 3.41. The van der Waals surface area contributed by atoms with E-state index in [9.17, 15) is 0 Å². The van der Waals surface area contributed by atoms with Gasteiger partial charge in [0.05, 0.1) is 0 Å². The molecule has 0 nitrogen and oxygen atoms in total. The summed E-state index contributed by atoms with van der Waals surface area (Å²) in [5, 5.41) is 0. The first-order chi connectivity index (χ1) is 3.71. The lowest BCUT2D eigenvalue weighted by Gasteiger charge is -2.42. The van der Waals surface area contributed by atoms with Crippen LogP contribution in [0.3, 0.4) is 0 Å². The van der Waals surface area contributed by atoms with Gasteiger partial charge in [0.25, 0.3) is 0 Å². The summed E-state index contributed by atoms with van der Waals surface area (Å²) in [6, 6.07) is 2.74. The predicted octanol–water partition coefficient (Wildman–Crippen LogP) is 2.37. The molecule has 1 aliphatic heterocycles. The quantitative estimate of drug-likeness (QED) is 0.345. The van der Waals surface area contributed by atoms with Gasteiger partial charge in [-0.3, -0.25) is 0 Å². The Bertz CT molecular complexity index is 68.5. The number of rotatable bonds is 0. The molecular formula is C7H14Si-2. The molecule has 0 aliphatic carbocycles. The van der Waals surface area contributed by atoms with Crippen LogP contribution in [0.15, 0.2) is 0 Å². The zero-order valence-corrected chi connectivity index (χ0v) is 6.45. The molecule has 1 saturated heterocycles. The van der Waals surface area contributed by atoms with E-state index < -0.39 is 8.07 Å². The lowest BCUT2D eigenvalue weighted by atomic mass is 10.3. The highest BCUT2D eigenvalue weighted by Crippen LogP contribution is 2.25. The van der Waals surface area contributed by atoms with Crippen LogP contribution in [0.2, 0.25) is 12.1 Å². The zero-order chi connectivity index (χ0) is 6.04. The van der Waals surface area contributed by atoms with Crippen LogP contribution in [0, 0.1) is 13.1 Å². The van der Waals surface area contributed by atoms with Crippen molar-refractivity contribution in [3.05, 3.63) is 13.1 Å². The Morgan fingerprint density at radius 2 is 1.38 bits per heavy atom. The molecule has 1 heteroatoms. The Morgan fingerprint density at radius 1 is 0.875 bits per heavy atom. The summed E-state index contributed by atoms with van der Waals surface area (Å²) in [6.45, 7) is 8.31. The van der Waals surface area contributed by atoms with E-state index in [0.29, 0.717) is 0 Å². The summed E-state index contributed by atoms with van der Waals surface area (Å²) in [5.41, 5.74) is 0. The average Bonchev–Trinajstić information content (AvgIpc) is 1.65. The van der Waals surface area contributed by atoms with Crippen molar-refractivity contribution in [2.45, 2.75) is 31.4 Å². The minimum absolute atomic E-state index is 1.09. The molecule has 0 saturated carbocycles. The van der Waals surface area contributed by atoms with Crippen LogP contribution in [0.25, 0.3) is 0 Å². The van der Waals surface area contributed by atoms with Crippen LogP contribution in [0.4, 0.5) is 0 Å². The molecule has 1 heterocycles. The first-order valence-corrected chi connectivity index (χ1v) is 6.24. The highest BCUT2D eigenvalue weighted by molar-refractivity contribution is 6.83.